The first-order chi connectivity index (χ1) is 7.75. The normalized spacial score (nSPS) is 10.1. The standard InChI is InChI=1S/C11H13N5/c1-16(8-9-4-2-3-6-13-9)11-14-7-5-10(12)15-11/h2-7H,8H2,1H3,(H2,12,14,15). The van der Waals surface area contributed by atoms with Crippen LogP contribution in [-0.4, -0.2) is 22.0 Å². The minimum absolute atomic E-state index is 0.470. The average molecular weight is 215 g/mol. The van der Waals surface area contributed by atoms with Gasteiger partial charge in [0.15, 0.2) is 0 Å². The third kappa shape index (κ3) is 2.44. The van der Waals surface area contributed by atoms with Crippen molar-refractivity contribution in [2.75, 3.05) is 17.7 Å². The molecule has 2 aromatic rings. The number of rotatable bonds is 3. The fourth-order valence-electron chi connectivity index (χ4n) is 1.35. The van der Waals surface area contributed by atoms with E-state index in [0.717, 1.165) is 5.69 Å². The molecule has 5 heteroatoms. The Kier molecular flexibility index (Phi) is 2.95. The Morgan fingerprint density at radius 3 is 2.75 bits per heavy atom. The van der Waals surface area contributed by atoms with Crippen LogP contribution in [-0.2, 0) is 6.54 Å². The van der Waals surface area contributed by atoms with Crippen molar-refractivity contribution in [3.63, 3.8) is 0 Å². The highest BCUT2D eigenvalue weighted by Gasteiger charge is 2.05. The van der Waals surface area contributed by atoms with Gasteiger partial charge in [0.05, 0.1) is 12.2 Å². The highest BCUT2D eigenvalue weighted by atomic mass is 15.2. The van der Waals surface area contributed by atoms with Crippen LogP contribution in [0.15, 0.2) is 36.7 Å². The van der Waals surface area contributed by atoms with Crippen LogP contribution < -0.4 is 10.6 Å². The van der Waals surface area contributed by atoms with Gasteiger partial charge in [0.1, 0.15) is 5.82 Å². The molecule has 0 aliphatic rings. The van der Waals surface area contributed by atoms with Crippen LogP contribution in [0.1, 0.15) is 5.69 Å². The van der Waals surface area contributed by atoms with Crippen molar-refractivity contribution < 1.29 is 0 Å². The smallest absolute Gasteiger partial charge is 0.227 e. The van der Waals surface area contributed by atoms with Gasteiger partial charge < -0.3 is 10.6 Å². The second kappa shape index (κ2) is 4.57. The fraction of sp³-hybridized carbons (Fsp3) is 0.182. The predicted octanol–water partition coefficient (Wildman–Crippen LogP) is 1.09. The molecule has 0 aliphatic heterocycles. The first-order valence-electron chi connectivity index (χ1n) is 4.95. The number of nitrogen functional groups attached to an aromatic ring is 1. The van der Waals surface area contributed by atoms with Gasteiger partial charge in [0, 0.05) is 19.4 Å². The number of hydrogen-bond acceptors (Lipinski definition) is 5. The van der Waals surface area contributed by atoms with Crippen LogP contribution in [0.25, 0.3) is 0 Å². The Bertz CT molecular complexity index is 457. The molecule has 2 aromatic heterocycles. The minimum Gasteiger partial charge on any atom is -0.384 e. The van der Waals surface area contributed by atoms with Gasteiger partial charge >= 0.3 is 0 Å². The first kappa shape index (κ1) is 10.4. The molecule has 2 N–H and O–H groups in total. The van der Waals surface area contributed by atoms with E-state index in [9.17, 15) is 0 Å². The quantitative estimate of drug-likeness (QED) is 0.830. The van der Waals surface area contributed by atoms with Gasteiger partial charge in [-0.1, -0.05) is 6.07 Å². The lowest BCUT2D eigenvalue weighted by Crippen LogP contribution is -2.20. The van der Waals surface area contributed by atoms with E-state index < -0.39 is 0 Å². The second-order valence-corrected chi connectivity index (χ2v) is 3.46. The van der Waals surface area contributed by atoms with Crippen LogP contribution in [0.2, 0.25) is 0 Å². The van der Waals surface area contributed by atoms with Crippen molar-refractivity contribution >= 4 is 11.8 Å². The minimum atomic E-state index is 0.470. The topological polar surface area (TPSA) is 67.9 Å². The summed E-state index contributed by atoms with van der Waals surface area (Å²) >= 11 is 0. The van der Waals surface area contributed by atoms with E-state index in [-0.39, 0.29) is 0 Å². The zero-order chi connectivity index (χ0) is 11.4. The SMILES string of the molecule is CN(Cc1ccccn1)c1nccc(N)n1. The molecule has 2 rings (SSSR count). The van der Waals surface area contributed by atoms with Crippen molar-refractivity contribution in [2.45, 2.75) is 6.54 Å². The van der Waals surface area contributed by atoms with E-state index in [1.165, 1.54) is 0 Å². The number of aromatic nitrogens is 3. The summed E-state index contributed by atoms with van der Waals surface area (Å²) < 4.78 is 0. The lowest BCUT2D eigenvalue weighted by Gasteiger charge is -2.16. The van der Waals surface area contributed by atoms with Crippen LogP contribution in [0.5, 0.6) is 0 Å². The van der Waals surface area contributed by atoms with E-state index >= 15 is 0 Å². The molecular weight excluding hydrogens is 202 g/mol. The fourth-order valence-corrected chi connectivity index (χ4v) is 1.35. The molecule has 0 aliphatic carbocycles. The van der Waals surface area contributed by atoms with Crippen molar-refractivity contribution in [2.24, 2.45) is 0 Å². The van der Waals surface area contributed by atoms with Crippen molar-refractivity contribution in [3.8, 4) is 0 Å². The lowest BCUT2D eigenvalue weighted by atomic mass is 10.3. The van der Waals surface area contributed by atoms with Gasteiger partial charge in [-0.25, -0.2) is 4.98 Å². The van der Waals surface area contributed by atoms with Crippen LogP contribution in [0.3, 0.4) is 0 Å². The summed E-state index contributed by atoms with van der Waals surface area (Å²) in [6.45, 7) is 0.657. The number of nitrogens with zero attached hydrogens (tertiary/aromatic N) is 4. The number of anilines is 2. The first-order valence-corrected chi connectivity index (χ1v) is 4.95. The molecule has 2 heterocycles. The Labute approximate surface area is 94.0 Å². The van der Waals surface area contributed by atoms with E-state index in [4.69, 9.17) is 5.73 Å². The monoisotopic (exact) mass is 215 g/mol. The molecule has 0 saturated carbocycles. The summed E-state index contributed by atoms with van der Waals surface area (Å²) in [5.74, 6) is 1.07. The van der Waals surface area contributed by atoms with Gasteiger partial charge in [-0.3, -0.25) is 4.98 Å². The van der Waals surface area contributed by atoms with E-state index in [0.29, 0.717) is 18.3 Å². The molecule has 0 saturated heterocycles. The Hall–Kier alpha value is -2.17. The highest BCUT2D eigenvalue weighted by Crippen LogP contribution is 2.09. The Morgan fingerprint density at radius 1 is 1.19 bits per heavy atom. The van der Waals surface area contributed by atoms with E-state index in [2.05, 4.69) is 15.0 Å². The zero-order valence-electron chi connectivity index (χ0n) is 9.04. The molecule has 0 amide bonds. The number of nitrogens with two attached hydrogens (primary N) is 1. The maximum absolute atomic E-state index is 5.60. The summed E-state index contributed by atoms with van der Waals surface area (Å²) in [6.07, 6.45) is 3.41. The van der Waals surface area contributed by atoms with Gasteiger partial charge in [-0.15, -0.1) is 0 Å². The van der Waals surface area contributed by atoms with Crippen molar-refractivity contribution in [1.29, 1.82) is 0 Å². The second-order valence-electron chi connectivity index (χ2n) is 3.46. The molecule has 0 radical (unpaired) electrons. The third-order valence-electron chi connectivity index (χ3n) is 2.13. The van der Waals surface area contributed by atoms with Gasteiger partial charge in [0.25, 0.3) is 0 Å². The summed E-state index contributed by atoms with van der Waals surface area (Å²) in [5.41, 5.74) is 6.56. The molecule has 0 spiro atoms. The summed E-state index contributed by atoms with van der Waals surface area (Å²) in [5, 5.41) is 0. The lowest BCUT2D eigenvalue weighted by molar-refractivity contribution is 0.842. The zero-order valence-corrected chi connectivity index (χ0v) is 9.04. The summed E-state index contributed by atoms with van der Waals surface area (Å²) in [7, 11) is 1.91. The Balaban J connectivity index is 2.12. The van der Waals surface area contributed by atoms with E-state index in [1.54, 1.807) is 18.5 Å². The number of hydrogen-bond donors (Lipinski definition) is 1. The van der Waals surface area contributed by atoms with Crippen LogP contribution in [0.4, 0.5) is 11.8 Å². The number of pyridine rings is 1. The van der Waals surface area contributed by atoms with Gasteiger partial charge in [0.2, 0.25) is 5.95 Å². The molecule has 82 valence electrons. The van der Waals surface area contributed by atoms with Crippen molar-refractivity contribution in [1.82, 2.24) is 15.0 Å². The third-order valence-corrected chi connectivity index (χ3v) is 2.13. The summed E-state index contributed by atoms with van der Waals surface area (Å²) in [6, 6.07) is 7.47. The van der Waals surface area contributed by atoms with Gasteiger partial charge in [-0.05, 0) is 18.2 Å². The molecule has 0 unspecified atom stereocenters. The largest absolute Gasteiger partial charge is 0.384 e. The van der Waals surface area contributed by atoms with Gasteiger partial charge in [-0.2, -0.15) is 4.98 Å². The van der Waals surface area contributed by atoms with Crippen molar-refractivity contribution in [3.05, 3.63) is 42.4 Å². The molecule has 16 heavy (non-hydrogen) atoms. The molecule has 0 atom stereocenters. The van der Waals surface area contributed by atoms with Crippen LogP contribution >= 0.6 is 0 Å². The predicted molar refractivity (Wildman–Crippen MR) is 62.8 cm³/mol. The maximum Gasteiger partial charge on any atom is 0.227 e. The molecule has 0 fully saturated rings. The highest BCUT2D eigenvalue weighted by molar-refractivity contribution is 5.37. The molecule has 5 nitrogen and oxygen atoms in total. The van der Waals surface area contributed by atoms with Crippen LogP contribution in [0, 0.1) is 0 Å². The molecular formula is C11H13N5. The average Bonchev–Trinajstić information content (AvgIpc) is 2.30. The van der Waals surface area contributed by atoms with E-state index in [1.807, 2.05) is 30.1 Å². The Morgan fingerprint density at radius 2 is 2.06 bits per heavy atom. The summed E-state index contributed by atoms with van der Waals surface area (Å²) in [4.78, 5) is 14.4. The maximum atomic E-state index is 5.60. The molecule has 0 bridgehead atoms. The molecule has 0 aromatic carbocycles.